The number of hydrogen-bond acceptors (Lipinski definition) is 1. The normalized spacial score (nSPS) is 11.6. The fourth-order valence-corrected chi connectivity index (χ4v) is 2.00. The molecule has 0 atom stereocenters. The Morgan fingerprint density at radius 1 is 1.00 bits per heavy atom. The number of para-hydroxylation sites is 1. The van der Waals surface area contributed by atoms with Gasteiger partial charge in [0.05, 0.1) is 10.7 Å². The fourth-order valence-electron chi connectivity index (χ4n) is 1.82. The van der Waals surface area contributed by atoms with E-state index < -0.39 is 0 Å². The van der Waals surface area contributed by atoms with Crippen molar-refractivity contribution in [1.82, 2.24) is 0 Å². The minimum Gasteiger partial charge on any atom is -0.251 e. The van der Waals surface area contributed by atoms with E-state index >= 15 is 0 Å². The van der Waals surface area contributed by atoms with E-state index in [1.807, 2.05) is 42.5 Å². The van der Waals surface area contributed by atoms with Crippen LogP contribution in [0.1, 0.15) is 25.3 Å². The smallest absolute Gasteiger partial charge is 0.0819 e. The minimum atomic E-state index is 0.696. The summed E-state index contributed by atoms with van der Waals surface area (Å²) in [6.07, 6.45) is 2.02. The maximum Gasteiger partial charge on any atom is 0.0819 e. The molecule has 0 saturated carbocycles. The molecule has 0 heterocycles. The second-order valence-corrected chi connectivity index (χ2v) is 4.53. The maximum atomic E-state index is 6.15. The molecule has 0 radical (unpaired) electrons. The molecule has 0 bridgehead atoms. The van der Waals surface area contributed by atoms with Gasteiger partial charge in [0, 0.05) is 5.71 Å². The lowest BCUT2D eigenvalue weighted by Crippen LogP contribution is -1.99. The average molecular weight is 258 g/mol. The Morgan fingerprint density at radius 3 is 2.33 bits per heavy atom. The molecule has 0 N–H and O–H groups in total. The van der Waals surface area contributed by atoms with Crippen molar-refractivity contribution in [3.63, 3.8) is 0 Å². The minimum absolute atomic E-state index is 0.696. The Balaban J connectivity index is 2.40. The Kier molecular flexibility index (Phi) is 4.54. The summed E-state index contributed by atoms with van der Waals surface area (Å²) >= 11 is 6.15. The van der Waals surface area contributed by atoms with Crippen molar-refractivity contribution in [2.45, 2.75) is 19.8 Å². The molecular formula is C16H16ClN. The van der Waals surface area contributed by atoms with Crippen LogP contribution in [0.15, 0.2) is 59.6 Å². The molecule has 0 amide bonds. The summed E-state index contributed by atoms with van der Waals surface area (Å²) in [6, 6.07) is 18.0. The first-order valence-corrected chi connectivity index (χ1v) is 6.56. The summed E-state index contributed by atoms with van der Waals surface area (Å²) < 4.78 is 0. The van der Waals surface area contributed by atoms with Crippen LogP contribution in [0.4, 0.5) is 5.69 Å². The van der Waals surface area contributed by atoms with Gasteiger partial charge in [0.1, 0.15) is 0 Å². The third-order valence-electron chi connectivity index (χ3n) is 2.70. The van der Waals surface area contributed by atoms with E-state index in [0.717, 1.165) is 24.2 Å². The van der Waals surface area contributed by atoms with Gasteiger partial charge in [0.15, 0.2) is 0 Å². The number of rotatable bonds is 4. The zero-order chi connectivity index (χ0) is 12.8. The summed E-state index contributed by atoms with van der Waals surface area (Å²) in [5.41, 5.74) is 3.09. The molecule has 1 nitrogen and oxygen atoms in total. The SMILES string of the molecule is CCCC(=Nc1ccccc1Cl)c1ccccc1. The maximum absolute atomic E-state index is 6.15. The highest BCUT2D eigenvalue weighted by molar-refractivity contribution is 6.33. The molecule has 0 aliphatic carbocycles. The van der Waals surface area contributed by atoms with Crippen LogP contribution in [0, 0.1) is 0 Å². The highest BCUT2D eigenvalue weighted by atomic mass is 35.5. The first-order chi connectivity index (χ1) is 8.81. The van der Waals surface area contributed by atoms with E-state index in [1.165, 1.54) is 5.56 Å². The van der Waals surface area contributed by atoms with E-state index in [-0.39, 0.29) is 0 Å². The number of halogens is 1. The standard InChI is InChI=1S/C16H16ClN/c1-2-8-15(13-9-4-3-5-10-13)18-16-12-7-6-11-14(16)17/h3-7,9-12H,2,8H2,1H3. The average Bonchev–Trinajstić information content (AvgIpc) is 2.42. The number of nitrogens with zero attached hydrogens (tertiary/aromatic N) is 1. The van der Waals surface area contributed by atoms with Crippen LogP contribution >= 0.6 is 11.6 Å². The largest absolute Gasteiger partial charge is 0.251 e. The van der Waals surface area contributed by atoms with E-state index in [4.69, 9.17) is 16.6 Å². The van der Waals surface area contributed by atoms with Crippen molar-refractivity contribution < 1.29 is 0 Å². The van der Waals surface area contributed by atoms with Crippen LogP contribution < -0.4 is 0 Å². The van der Waals surface area contributed by atoms with Gasteiger partial charge in [-0.15, -0.1) is 0 Å². The Hall–Kier alpha value is -1.60. The predicted molar refractivity (Wildman–Crippen MR) is 79.0 cm³/mol. The van der Waals surface area contributed by atoms with Crippen molar-refractivity contribution in [3.05, 3.63) is 65.2 Å². The molecule has 2 heteroatoms. The van der Waals surface area contributed by atoms with Gasteiger partial charge in [-0.1, -0.05) is 67.4 Å². The van der Waals surface area contributed by atoms with Crippen molar-refractivity contribution in [2.75, 3.05) is 0 Å². The zero-order valence-electron chi connectivity index (χ0n) is 10.4. The highest BCUT2D eigenvalue weighted by Gasteiger charge is 2.04. The number of aliphatic imine (C=N–C) groups is 1. The third kappa shape index (κ3) is 3.21. The first kappa shape index (κ1) is 12.8. The topological polar surface area (TPSA) is 12.4 Å². The monoisotopic (exact) mass is 257 g/mol. The molecule has 0 unspecified atom stereocenters. The van der Waals surface area contributed by atoms with Gasteiger partial charge in [-0.05, 0) is 24.1 Å². The van der Waals surface area contributed by atoms with Crippen LogP contribution in [-0.4, -0.2) is 5.71 Å². The van der Waals surface area contributed by atoms with Crippen LogP contribution in [0.3, 0.4) is 0 Å². The Bertz CT molecular complexity index is 532. The second kappa shape index (κ2) is 6.36. The molecule has 0 spiro atoms. The highest BCUT2D eigenvalue weighted by Crippen LogP contribution is 2.25. The molecule has 0 aliphatic rings. The van der Waals surface area contributed by atoms with Crippen LogP contribution in [0.25, 0.3) is 0 Å². The second-order valence-electron chi connectivity index (χ2n) is 4.13. The van der Waals surface area contributed by atoms with Gasteiger partial charge < -0.3 is 0 Å². The van der Waals surface area contributed by atoms with E-state index in [1.54, 1.807) is 0 Å². The fraction of sp³-hybridized carbons (Fsp3) is 0.188. The van der Waals surface area contributed by atoms with Gasteiger partial charge in [-0.3, -0.25) is 4.99 Å². The first-order valence-electron chi connectivity index (χ1n) is 6.18. The molecule has 92 valence electrons. The molecule has 2 aromatic rings. The number of benzene rings is 2. The summed E-state index contributed by atoms with van der Waals surface area (Å²) in [5, 5.41) is 0.696. The molecule has 2 rings (SSSR count). The quantitative estimate of drug-likeness (QED) is 0.663. The van der Waals surface area contributed by atoms with Crippen LogP contribution in [0.5, 0.6) is 0 Å². The summed E-state index contributed by atoms with van der Waals surface area (Å²) in [5.74, 6) is 0. The lowest BCUT2D eigenvalue weighted by Gasteiger charge is -2.06. The molecule has 0 aliphatic heterocycles. The number of hydrogen-bond donors (Lipinski definition) is 0. The lowest BCUT2D eigenvalue weighted by molar-refractivity contribution is 0.992. The summed E-state index contributed by atoms with van der Waals surface area (Å²) in [7, 11) is 0. The van der Waals surface area contributed by atoms with Gasteiger partial charge >= 0.3 is 0 Å². The van der Waals surface area contributed by atoms with Crippen molar-refractivity contribution in [1.29, 1.82) is 0 Å². The van der Waals surface area contributed by atoms with Gasteiger partial charge in [0.25, 0.3) is 0 Å². The lowest BCUT2D eigenvalue weighted by atomic mass is 10.1. The van der Waals surface area contributed by atoms with Crippen LogP contribution in [0.2, 0.25) is 5.02 Å². The molecule has 0 fully saturated rings. The van der Waals surface area contributed by atoms with Gasteiger partial charge in [0.2, 0.25) is 0 Å². The van der Waals surface area contributed by atoms with Crippen LogP contribution in [-0.2, 0) is 0 Å². The third-order valence-corrected chi connectivity index (χ3v) is 3.02. The Morgan fingerprint density at radius 2 is 1.67 bits per heavy atom. The summed E-state index contributed by atoms with van der Waals surface area (Å²) in [4.78, 5) is 4.70. The summed E-state index contributed by atoms with van der Waals surface area (Å²) in [6.45, 7) is 2.16. The zero-order valence-corrected chi connectivity index (χ0v) is 11.2. The van der Waals surface area contributed by atoms with Crippen molar-refractivity contribution in [3.8, 4) is 0 Å². The van der Waals surface area contributed by atoms with Crippen molar-refractivity contribution >= 4 is 23.0 Å². The van der Waals surface area contributed by atoms with Crippen molar-refractivity contribution in [2.24, 2.45) is 4.99 Å². The van der Waals surface area contributed by atoms with Gasteiger partial charge in [-0.2, -0.15) is 0 Å². The van der Waals surface area contributed by atoms with E-state index in [9.17, 15) is 0 Å². The predicted octanol–water partition coefficient (Wildman–Crippen LogP) is 5.26. The van der Waals surface area contributed by atoms with E-state index in [2.05, 4.69) is 19.1 Å². The van der Waals surface area contributed by atoms with Gasteiger partial charge in [-0.25, -0.2) is 0 Å². The molecular weight excluding hydrogens is 242 g/mol. The molecule has 18 heavy (non-hydrogen) atoms. The van der Waals surface area contributed by atoms with E-state index in [0.29, 0.717) is 5.02 Å². The Labute approximate surface area is 113 Å². The molecule has 2 aromatic carbocycles. The molecule has 0 saturated heterocycles. The molecule has 0 aromatic heterocycles.